The van der Waals surface area contributed by atoms with E-state index in [1.807, 2.05) is 0 Å². The Labute approximate surface area is 98.9 Å². The summed E-state index contributed by atoms with van der Waals surface area (Å²) in [6, 6.07) is 4.34. The molecule has 0 amide bonds. The van der Waals surface area contributed by atoms with Crippen LogP contribution in [0.5, 0.6) is 0 Å². The van der Waals surface area contributed by atoms with Gasteiger partial charge in [0.25, 0.3) is 0 Å². The first-order chi connectivity index (χ1) is 7.50. The Morgan fingerprint density at radius 3 is 2.75 bits per heavy atom. The van der Waals surface area contributed by atoms with Crippen LogP contribution in [-0.4, -0.2) is 25.0 Å². The molecule has 1 saturated heterocycles. The molecule has 1 aliphatic heterocycles. The lowest BCUT2D eigenvalue weighted by Crippen LogP contribution is -2.25. The monoisotopic (exact) mass is 263 g/mol. The third kappa shape index (κ3) is 2.21. The van der Waals surface area contributed by atoms with Crippen LogP contribution in [0.25, 0.3) is 0 Å². The van der Waals surface area contributed by atoms with Crippen molar-refractivity contribution in [3.05, 3.63) is 34.6 Å². The molecule has 3 nitrogen and oxygen atoms in total. The van der Waals surface area contributed by atoms with Crippen LogP contribution in [0.4, 0.5) is 4.39 Å². The van der Waals surface area contributed by atoms with Gasteiger partial charge in [-0.05, 0) is 18.6 Å². The van der Waals surface area contributed by atoms with Crippen molar-refractivity contribution in [3.8, 4) is 0 Å². The molecular formula is C10H11ClFNO2S. The third-order valence-corrected chi connectivity index (χ3v) is 4.86. The zero-order valence-corrected chi connectivity index (χ0v) is 10.1. The van der Waals surface area contributed by atoms with E-state index in [0.29, 0.717) is 13.0 Å². The number of hydrogen-bond acceptors (Lipinski definition) is 2. The highest BCUT2D eigenvalue weighted by atomic mass is 35.5. The summed E-state index contributed by atoms with van der Waals surface area (Å²) in [4.78, 5) is 0. The average molecular weight is 264 g/mol. The molecule has 16 heavy (non-hydrogen) atoms. The molecule has 0 aromatic heterocycles. The Morgan fingerprint density at radius 1 is 1.44 bits per heavy atom. The fourth-order valence-corrected chi connectivity index (χ4v) is 3.44. The van der Waals surface area contributed by atoms with Crippen molar-refractivity contribution in [3.63, 3.8) is 0 Å². The minimum atomic E-state index is -3.21. The van der Waals surface area contributed by atoms with Gasteiger partial charge in [-0.1, -0.05) is 17.7 Å². The largest absolute Gasteiger partial charge is 0.214 e. The molecule has 2 rings (SSSR count). The first-order valence-electron chi connectivity index (χ1n) is 4.91. The van der Waals surface area contributed by atoms with E-state index in [0.717, 1.165) is 0 Å². The zero-order valence-electron chi connectivity index (χ0n) is 8.49. The molecule has 1 aromatic carbocycles. The van der Waals surface area contributed by atoms with Crippen molar-refractivity contribution >= 4 is 21.6 Å². The van der Waals surface area contributed by atoms with Crippen molar-refractivity contribution in [1.82, 2.24) is 4.31 Å². The van der Waals surface area contributed by atoms with Crippen molar-refractivity contribution in [2.75, 3.05) is 12.3 Å². The minimum Gasteiger partial charge on any atom is -0.212 e. The summed E-state index contributed by atoms with van der Waals surface area (Å²) in [6.07, 6.45) is 0.592. The first kappa shape index (κ1) is 11.8. The fourth-order valence-electron chi connectivity index (χ4n) is 1.73. The summed E-state index contributed by atoms with van der Waals surface area (Å²) in [6.45, 7) is 0.459. The molecule has 0 unspecified atom stereocenters. The SMILES string of the molecule is O=S1(=O)CCCN1Cc1c(F)cccc1Cl. The lowest BCUT2D eigenvalue weighted by atomic mass is 10.2. The highest BCUT2D eigenvalue weighted by molar-refractivity contribution is 7.89. The maximum absolute atomic E-state index is 13.4. The van der Waals surface area contributed by atoms with E-state index in [1.54, 1.807) is 6.07 Å². The second-order valence-electron chi connectivity index (χ2n) is 3.70. The first-order valence-corrected chi connectivity index (χ1v) is 6.90. The van der Waals surface area contributed by atoms with Crippen LogP contribution >= 0.6 is 11.6 Å². The summed E-state index contributed by atoms with van der Waals surface area (Å²) in [5.74, 6) is -0.325. The maximum atomic E-state index is 13.4. The minimum absolute atomic E-state index is 0.0217. The Balaban J connectivity index is 2.28. The molecule has 1 heterocycles. The van der Waals surface area contributed by atoms with E-state index in [4.69, 9.17) is 11.6 Å². The van der Waals surface area contributed by atoms with Gasteiger partial charge in [0.05, 0.1) is 5.75 Å². The molecule has 0 aliphatic carbocycles. The molecular weight excluding hydrogens is 253 g/mol. The van der Waals surface area contributed by atoms with Crippen molar-refractivity contribution in [2.24, 2.45) is 0 Å². The van der Waals surface area contributed by atoms with Crippen LogP contribution in [-0.2, 0) is 16.6 Å². The number of sulfonamides is 1. The molecule has 6 heteroatoms. The van der Waals surface area contributed by atoms with Crippen molar-refractivity contribution < 1.29 is 12.8 Å². The average Bonchev–Trinajstić information content (AvgIpc) is 2.52. The highest BCUT2D eigenvalue weighted by Crippen LogP contribution is 2.24. The second kappa shape index (κ2) is 4.31. The molecule has 0 bridgehead atoms. The van der Waals surface area contributed by atoms with Gasteiger partial charge in [0, 0.05) is 23.7 Å². The van der Waals surface area contributed by atoms with E-state index in [1.165, 1.54) is 16.4 Å². The Kier molecular flexibility index (Phi) is 3.19. The van der Waals surface area contributed by atoms with Crippen LogP contribution < -0.4 is 0 Å². The lowest BCUT2D eigenvalue weighted by molar-refractivity contribution is 0.430. The van der Waals surface area contributed by atoms with Gasteiger partial charge < -0.3 is 0 Å². The molecule has 88 valence electrons. The molecule has 0 N–H and O–H groups in total. The van der Waals surface area contributed by atoms with E-state index in [2.05, 4.69) is 0 Å². The van der Waals surface area contributed by atoms with E-state index >= 15 is 0 Å². The summed E-state index contributed by atoms with van der Waals surface area (Å²) < 4.78 is 37.8. The van der Waals surface area contributed by atoms with Gasteiger partial charge in [0.1, 0.15) is 5.82 Å². The quantitative estimate of drug-likeness (QED) is 0.819. The maximum Gasteiger partial charge on any atom is 0.214 e. The lowest BCUT2D eigenvalue weighted by Gasteiger charge is -2.15. The van der Waals surface area contributed by atoms with Crippen molar-refractivity contribution in [1.29, 1.82) is 0 Å². The van der Waals surface area contributed by atoms with Gasteiger partial charge >= 0.3 is 0 Å². The summed E-state index contributed by atoms with van der Waals surface area (Å²) >= 11 is 5.84. The molecule has 0 atom stereocenters. The zero-order chi connectivity index (χ0) is 11.8. The second-order valence-corrected chi connectivity index (χ2v) is 6.20. The molecule has 0 spiro atoms. The topological polar surface area (TPSA) is 37.4 Å². The van der Waals surface area contributed by atoms with Crippen LogP contribution in [0.2, 0.25) is 5.02 Å². The predicted octanol–water partition coefficient (Wildman–Crippen LogP) is 2.01. The standard InChI is InChI=1S/C10H11ClFNO2S/c11-9-3-1-4-10(12)8(9)7-13-5-2-6-16(13,14)15/h1,3-4H,2,5-7H2. The summed E-state index contributed by atoms with van der Waals surface area (Å²) in [5.41, 5.74) is 0.245. The van der Waals surface area contributed by atoms with Gasteiger partial charge in [-0.3, -0.25) is 0 Å². The van der Waals surface area contributed by atoms with Crippen molar-refractivity contribution in [2.45, 2.75) is 13.0 Å². The molecule has 1 aliphatic rings. The summed E-state index contributed by atoms with van der Waals surface area (Å²) in [5, 5.41) is 0.266. The van der Waals surface area contributed by atoms with Gasteiger partial charge in [0.2, 0.25) is 10.0 Å². The van der Waals surface area contributed by atoms with Crippen LogP contribution in [0.3, 0.4) is 0 Å². The molecule has 1 aromatic rings. The Bertz CT molecular complexity index is 483. The van der Waals surface area contributed by atoms with E-state index < -0.39 is 15.8 Å². The van der Waals surface area contributed by atoms with Gasteiger partial charge in [-0.2, -0.15) is 4.31 Å². The Hall–Kier alpha value is -0.650. The normalized spacial score (nSPS) is 20.1. The van der Waals surface area contributed by atoms with Crippen LogP contribution in [0.15, 0.2) is 18.2 Å². The molecule has 1 fully saturated rings. The van der Waals surface area contributed by atoms with Crippen LogP contribution in [0, 0.1) is 5.82 Å². The van der Waals surface area contributed by atoms with Gasteiger partial charge in [-0.15, -0.1) is 0 Å². The van der Waals surface area contributed by atoms with Crippen LogP contribution in [0.1, 0.15) is 12.0 Å². The smallest absolute Gasteiger partial charge is 0.212 e. The van der Waals surface area contributed by atoms with E-state index in [-0.39, 0.29) is 22.9 Å². The third-order valence-electron chi connectivity index (χ3n) is 2.60. The fraction of sp³-hybridized carbons (Fsp3) is 0.400. The number of rotatable bonds is 2. The number of nitrogens with zero attached hydrogens (tertiary/aromatic N) is 1. The number of halogens is 2. The number of hydrogen-bond donors (Lipinski definition) is 0. The number of benzene rings is 1. The van der Waals surface area contributed by atoms with Gasteiger partial charge in [-0.25, -0.2) is 12.8 Å². The predicted molar refractivity (Wildman–Crippen MR) is 60.2 cm³/mol. The molecule has 0 radical (unpaired) electrons. The van der Waals surface area contributed by atoms with E-state index in [9.17, 15) is 12.8 Å². The summed E-state index contributed by atoms with van der Waals surface area (Å²) in [7, 11) is -3.21. The molecule has 0 saturated carbocycles. The Morgan fingerprint density at radius 2 is 2.19 bits per heavy atom. The highest BCUT2D eigenvalue weighted by Gasteiger charge is 2.29. The van der Waals surface area contributed by atoms with Gasteiger partial charge in [0.15, 0.2) is 0 Å².